The molecule has 2 rings (SSSR count). The first-order valence-electron chi connectivity index (χ1n) is 4.07. The fraction of sp³-hybridized carbons (Fsp3) is 0.111. The molecular weight excluding hydrogens is 182 g/mol. The predicted octanol–water partition coefficient (Wildman–Crippen LogP) is 0.923. The van der Waals surface area contributed by atoms with E-state index >= 15 is 0 Å². The maximum Gasteiger partial charge on any atom is 0.356 e. The number of carboxylic acid groups (broad SMARTS) is 1. The van der Waals surface area contributed by atoms with Crippen molar-refractivity contribution in [3.05, 3.63) is 29.7 Å². The highest BCUT2D eigenvalue weighted by Crippen LogP contribution is 2.14. The molecule has 0 fully saturated rings. The molecule has 5 nitrogen and oxygen atoms in total. The van der Waals surface area contributed by atoms with E-state index in [0.717, 1.165) is 5.69 Å². The van der Waals surface area contributed by atoms with Crippen molar-refractivity contribution in [3.63, 3.8) is 0 Å². The topological polar surface area (TPSA) is 80.6 Å². The van der Waals surface area contributed by atoms with Crippen molar-refractivity contribution in [2.24, 2.45) is 0 Å². The monoisotopic (exact) mass is 191 g/mol. The van der Waals surface area contributed by atoms with Crippen LogP contribution in [0.4, 0.5) is 5.69 Å². The fourth-order valence-corrected chi connectivity index (χ4v) is 1.31. The minimum atomic E-state index is -1.04. The van der Waals surface area contributed by atoms with Gasteiger partial charge in [-0.15, -0.1) is 0 Å². The number of nitrogens with zero attached hydrogens (tertiary/aromatic N) is 2. The summed E-state index contributed by atoms with van der Waals surface area (Å²) in [6, 6.07) is 3.40. The van der Waals surface area contributed by atoms with E-state index in [2.05, 4.69) is 4.98 Å². The van der Waals surface area contributed by atoms with Gasteiger partial charge in [0.05, 0.1) is 5.69 Å². The van der Waals surface area contributed by atoms with E-state index in [0.29, 0.717) is 11.3 Å². The summed E-state index contributed by atoms with van der Waals surface area (Å²) in [6.45, 7) is 1.82. The largest absolute Gasteiger partial charge is 0.476 e. The smallest absolute Gasteiger partial charge is 0.356 e. The number of nitrogens with two attached hydrogens (primary N) is 1. The van der Waals surface area contributed by atoms with Gasteiger partial charge in [-0.3, -0.25) is 0 Å². The Morgan fingerprint density at radius 2 is 2.29 bits per heavy atom. The van der Waals surface area contributed by atoms with Gasteiger partial charge >= 0.3 is 5.97 Å². The summed E-state index contributed by atoms with van der Waals surface area (Å²) in [5.74, 6) is -1.04. The number of carboxylic acids is 1. The van der Waals surface area contributed by atoms with Crippen LogP contribution >= 0.6 is 0 Å². The van der Waals surface area contributed by atoms with Crippen LogP contribution in [-0.2, 0) is 0 Å². The summed E-state index contributed by atoms with van der Waals surface area (Å²) in [7, 11) is 0. The summed E-state index contributed by atoms with van der Waals surface area (Å²) in [6.07, 6.45) is 1.46. The van der Waals surface area contributed by atoms with Crippen LogP contribution in [0.15, 0.2) is 18.3 Å². The third kappa shape index (κ3) is 1.10. The zero-order valence-electron chi connectivity index (χ0n) is 7.56. The molecule has 0 atom stereocenters. The molecule has 72 valence electrons. The summed E-state index contributed by atoms with van der Waals surface area (Å²) in [5.41, 5.74) is 7.70. The van der Waals surface area contributed by atoms with Crippen molar-refractivity contribution in [2.75, 3.05) is 5.73 Å². The van der Waals surface area contributed by atoms with Gasteiger partial charge in [0.1, 0.15) is 5.65 Å². The summed E-state index contributed by atoms with van der Waals surface area (Å²) < 4.78 is 1.67. The summed E-state index contributed by atoms with van der Waals surface area (Å²) >= 11 is 0. The predicted molar refractivity (Wildman–Crippen MR) is 51.3 cm³/mol. The molecule has 2 aromatic rings. The first-order valence-corrected chi connectivity index (χ1v) is 4.07. The van der Waals surface area contributed by atoms with E-state index in [9.17, 15) is 4.79 Å². The lowest BCUT2D eigenvalue weighted by Crippen LogP contribution is -1.96. The molecule has 0 aliphatic rings. The van der Waals surface area contributed by atoms with Gasteiger partial charge < -0.3 is 15.2 Å². The zero-order chi connectivity index (χ0) is 10.3. The number of rotatable bonds is 1. The van der Waals surface area contributed by atoms with Gasteiger partial charge in [0.2, 0.25) is 0 Å². The van der Waals surface area contributed by atoms with Crippen LogP contribution in [0.2, 0.25) is 0 Å². The van der Waals surface area contributed by atoms with Crippen molar-refractivity contribution in [1.82, 2.24) is 9.38 Å². The highest BCUT2D eigenvalue weighted by atomic mass is 16.4. The second-order valence-electron chi connectivity index (χ2n) is 3.03. The molecule has 14 heavy (non-hydrogen) atoms. The molecule has 0 spiro atoms. The number of hydrogen-bond donors (Lipinski definition) is 2. The van der Waals surface area contributed by atoms with Crippen molar-refractivity contribution in [2.45, 2.75) is 6.92 Å². The SMILES string of the molecule is Cc1c(N)ccc2nc(C(=O)O)cn12. The first kappa shape index (κ1) is 8.55. The van der Waals surface area contributed by atoms with Crippen LogP contribution in [0.1, 0.15) is 16.2 Å². The van der Waals surface area contributed by atoms with E-state index in [4.69, 9.17) is 10.8 Å². The lowest BCUT2D eigenvalue weighted by Gasteiger charge is -2.01. The van der Waals surface area contributed by atoms with E-state index in [1.807, 2.05) is 6.92 Å². The number of pyridine rings is 1. The molecule has 0 radical (unpaired) electrons. The van der Waals surface area contributed by atoms with Crippen LogP contribution in [0, 0.1) is 6.92 Å². The first-order chi connectivity index (χ1) is 6.59. The van der Waals surface area contributed by atoms with Crippen LogP contribution in [-0.4, -0.2) is 20.5 Å². The molecule has 0 saturated carbocycles. The summed E-state index contributed by atoms with van der Waals surface area (Å²) in [5, 5.41) is 8.74. The van der Waals surface area contributed by atoms with Gasteiger partial charge in [-0.05, 0) is 19.1 Å². The van der Waals surface area contributed by atoms with Crippen LogP contribution in [0.3, 0.4) is 0 Å². The molecule has 0 bridgehead atoms. The maximum absolute atomic E-state index is 10.7. The Morgan fingerprint density at radius 1 is 1.57 bits per heavy atom. The Kier molecular flexibility index (Phi) is 1.67. The Balaban J connectivity index is 2.77. The number of aromatic carboxylic acids is 1. The van der Waals surface area contributed by atoms with Crippen molar-refractivity contribution in [1.29, 1.82) is 0 Å². The molecule has 0 saturated heterocycles. The molecule has 0 aromatic carbocycles. The third-order valence-electron chi connectivity index (χ3n) is 2.14. The second-order valence-corrected chi connectivity index (χ2v) is 3.03. The maximum atomic E-state index is 10.7. The van der Waals surface area contributed by atoms with Gasteiger partial charge in [-0.1, -0.05) is 0 Å². The Morgan fingerprint density at radius 3 is 2.93 bits per heavy atom. The highest BCUT2D eigenvalue weighted by Gasteiger charge is 2.10. The summed E-state index contributed by atoms with van der Waals surface area (Å²) in [4.78, 5) is 14.6. The average molecular weight is 191 g/mol. The lowest BCUT2D eigenvalue weighted by molar-refractivity contribution is 0.0691. The quantitative estimate of drug-likeness (QED) is 0.702. The van der Waals surface area contributed by atoms with Gasteiger partial charge in [0, 0.05) is 11.9 Å². The number of nitrogen functional groups attached to an aromatic ring is 1. The number of aromatic nitrogens is 2. The second kappa shape index (κ2) is 2.73. The Hall–Kier alpha value is -2.04. The van der Waals surface area contributed by atoms with E-state index < -0.39 is 5.97 Å². The minimum Gasteiger partial charge on any atom is -0.476 e. The molecular formula is C9H9N3O2. The van der Waals surface area contributed by atoms with Crippen LogP contribution < -0.4 is 5.73 Å². The number of anilines is 1. The molecule has 3 N–H and O–H groups in total. The van der Waals surface area contributed by atoms with Crippen molar-refractivity contribution < 1.29 is 9.90 Å². The molecule has 0 amide bonds. The van der Waals surface area contributed by atoms with Gasteiger partial charge in [-0.25, -0.2) is 9.78 Å². The number of hydrogen-bond acceptors (Lipinski definition) is 3. The van der Waals surface area contributed by atoms with Crippen molar-refractivity contribution >= 4 is 17.3 Å². The Labute approximate surface area is 79.8 Å². The molecule has 2 heterocycles. The number of imidazole rings is 1. The lowest BCUT2D eigenvalue weighted by atomic mass is 10.3. The molecule has 5 heteroatoms. The number of fused-ring (bicyclic) bond motifs is 1. The zero-order valence-corrected chi connectivity index (χ0v) is 7.56. The third-order valence-corrected chi connectivity index (χ3v) is 2.14. The normalized spacial score (nSPS) is 10.6. The van der Waals surface area contributed by atoms with Crippen LogP contribution in [0.25, 0.3) is 5.65 Å². The number of carbonyl (C=O) groups is 1. The van der Waals surface area contributed by atoms with E-state index in [1.54, 1.807) is 16.5 Å². The minimum absolute atomic E-state index is 0.0266. The van der Waals surface area contributed by atoms with Gasteiger partial charge in [0.15, 0.2) is 5.69 Å². The molecule has 2 aromatic heterocycles. The molecule has 0 aliphatic carbocycles. The highest BCUT2D eigenvalue weighted by molar-refractivity contribution is 5.86. The van der Waals surface area contributed by atoms with Gasteiger partial charge in [-0.2, -0.15) is 0 Å². The van der Waals surface area contributed by atoms with Crippen molar-refractivity contribution in [3.8, 4) is 0 Å². The van der Waals surface area contributed by atoms with Crippen LogP contribution in [0.5, 0.6) is 0 Å². The molecule has 0 unspecified atom stereocenters. The number of aryl methyl sites for hydroxylation is 1. The fourth-order valence-electron chi connectivity index (χ4n) is 1.31. The van der Waals surface area contributed by atoms with Gasteiger partial charge in [0.25, 0.3) is 0 Å². The standard InChI is InChI=1S/C9H9N3O2/c1-5-6(10)2-3-8-11-7(9(13)14)4-12(5)8/h2-4H,10H2,1H3,(H,13,14). The molecule has 0 aliphatic heterocycles. The average Bonchev–Trinajstić information content (AvgIpc) is 2.56. The van der Waals surface area contributed by atoms with E-state index in [-0.39, 0.29) is 5.69 Å². The Bertz CT molecular complexity index is 516. The van der Waals surface area contributed by atoms with E-state index in [1.165, 1.54) is 6.20 Å².